The summed E-state index contributed by atoms with van der Waals surface area (Å²) < 4.78 is 53.4. The van der Waals surface area contributed by atoms with Crippen molar-refractivity contribution in [1.82, 2.24) is 10.6 Å². The fourth-order valence-corrected chi connectivity index (χ4v) is 14.2. The van der Waals surface area contributed by atoms with E-state index < -0.39 is 110 Å². The lowest BCUT2D eigenvalue weighted by molar-refractivity contribution is -0.345. The number of carbonyl (C=O) groups is 5. The van der Waals surface area contributed by atoms with Crippen molar-refractivity contribution in [2.24, 2.45) is 39.9 Å². The number of ether oxygens (including phenoxy) is 9. The largest absolute Gasteiger partial charge is 0.497 e. The number of alkyl carbamates (subject to hydrolysis) is 2. The highest BCUT2D eigenvalue weighted by Gasteiger charge is 2.73. The van der Waals surface area contributed by atoms with E-state index >= 15 is 0 Å². The molecule has 17 unspecified atom stereocenters. The van der Waals surface area contributed by atoms with E-state index in [1.165, 1.54) is 37.8 Å². The number of allylic oxidation sites excluding steroid dienone is 1. The van der Waals surface area contributed by atoms with Gasteiger partial charge in [0.15, 0.2) is 30.9 Å². The third-order valence-corrected chi connectivity index (χ3v) is 18.5. The zero-order chi connectivity index (χ0) is 57.5. The van der Waals surface area contributed by atoms with Crippen LogP contribution in [0.3, 0.4) is 0 Å². The molecule has 7 rings (SSSR count). The molecule has 0 spiro atoms. The van der Waals surface area contributed by atoms with Crippen LogP contribution in [0.25, 0.3) is 0 Å². The molecule has 6 N–H and O–H groups in total. The average molecular weight is 1110 g/mol. The van der Waals surface area contributed by atoms with E-state index in [9.17, 15) is 44.4 Å². The van der Waals surface area contributed by atoms with Crippen LogP contribution in [0.15, 0.2) is 48.6 Å². The van der Waals surface area contributed by atoms with Crippen molar-refractivity contribution in [3.8, 4) is 5.75 Å². The molecule has 17 atom stereocenters. The van der Waals surface area contributed by atoms with Gasteiger partial charge in [-0.1, -0.05) is 78.7 Å². The zero-order valence-electron chi connectivity index (χ0n) is 47.5. The Balaban J connectivity index is 1.11. The normalized spacial score (nSPS) is 36.2. The van der Waals surface area contributed by atoms with Crippen LogP contribution in [0.4, 0.5) is 9.59 Å². The van der Waals surface area contributed by atoms with Gasteiger partial charge in [0.2, 0.25) is 0 Å². The smallest absolute Gasteiger partial charge is 0.407 e. The molecule has 3 saturated carbocycles. The highest BCUT2D eigenvalue weighted by atomic mass is 16.8. The Hall–Kier alpha value is -4.67. The number of benzene rings is 1. The molecule has 5 fully saturated rings. The van der Waals surface area contributed by atoms with Crippen molar-refractivity contribution in [1.29, 1.82) is 0 Å². The molecule has 2 saturated heterocycles. The minimum atomic E-state index is -1.75. The molecule has 0 bridgehead atoms. The van der Waals surface area contributed by atoms with Crippen LogP contribution in [-0.4, -0.2) is 157 Å². The molecule has 1 aromatic rings. The zero-order valence-corrected chi connectivity index (χ0v) is 47.5. The molecule has 20 nitrogen and oxygen atoms in total. The van der Waals surface area contributed by atoms with E-state index in [4.69, 9.17) is 42.6 Å². The van der Waals surface area contributed by atoms with E-state index in [0.29, 0.717) is 57.2 Å². The van der Waals surface area contributed by atoms with E-state index in [0.717, 1.165) is 32.1 Å². The minimum Gasteiger partial charge on any atom is -0.497 e. The summed E-state index contributed by atoms with van der Waals surface area (Å²) in [5, 5.41) is 53.4. The van der Waals surface area contributed by atoms with Crippen LogP contribution >= 0.6 is 0 Å². The summed E-state index contributed by atoms with van der Waals surface area (Å²) in [6.45, 7) is 17.1. The number of carbonyl (C=O) groups excluding carboxylic acids is 5. The molecular weight excluding hydrogens is 1020 g/mol. The van der Waals surface area contributed by atoms with Gasteiger partial charge in [-0.2, -0.15) is 0 Å². The number of hydrogen-bond acceptors (Lipinski definition) is 18. The maximum Gasteiger partial charge on any atom is 0.407 e. The van der Waals surface area contributed by atoms with Crippen LogP contribution in [0.2, 0.25) is 0 Å². The summed E-state index contributed by atoms with van der Waals surface area (Å²) in [6.07, 6.45) is -3.34. The summed E-state index contributed by atoms with van der Waals surface area (Å²) in [7, 11) is 1.47. The van der Waals surface area contributed by atoms with Gasteiger partial charge in [0.25, 0.3) is 0 Å². The van der Waals surface area contributed by atoms with Gasteiger partial charge in [-0.05, 0) is 117 Å². The molecule has 442 valence electrons. The number of ketones is 1. The first-order chi connectivity index (χ1) is 37.5. The maximum atomic E-state index is 14.4. The molecule has 79 heavy (non-hydrogen) atoms. The lowest BCUT2D eigenvalue weighted by Gasteiger charge is -2.64. The van der Waals surface area contributed by atoms with Gasteiger partial charge < -0.3 is 73.7 Å². The second-order valence-corrected chi connectivity index (χ2v) is 24.0. The number of esters is 2. The molecule has 2 heterocycles. The number of rotatable bonds is 23. The molecule has 0 aromatic heterocycles. The van der Waals surface area contributed by atoms with Crippen LogP contribution in [0.1, 0.15) is 142 Å². The monoisotopic (exact) mass is 1110 g/mol. The van der Waals surface area contributed by atoms with Gasteiger partial charge in [0, 0.05) is 37.8 Å². The number of unbranched alkanes of at least 4 members (excludes halogenated alkanes) is 3. The van der Waals surface area contributed by atoms with E-state index in [1.54, 1.807) is 19.1 Å². The summed E-state index contributed by atoms with van der Waals surface area (Å²) in [6, 6.07) is 5.99. The topological polar surface area (TPSA) is 273 Å². The van der Waals surface area contributed by atoms with Crippen molar-refractivity contribution in [3.63, 3.8) is 0 Å². The average Bonchev–Trinajstić information content (AvgIpc) is 3.96. The van der Waals surface area contributed by atoms with E-state index in [2.05, 4.69) is 44.1 Å². The van der Waals surface area contributed by atoms with Gasteiger partial charge in [0.05, 0.1) is 38.1 Å². The second kappa shape index (κ2) is 26.5. The first kappa shape index (κ1) is 61.9. The van der Waals surface area contributed by atoms with E-state index in [-0.39, 0.29) is 65.6 Å². The van der Waals surface area contributed by atoms with Crippen LogP contribution in [-0.2, 0) is 47.5 Å². The quantitative estimate of drug-likeness (QED) is 0.0291. The Kier molecular flexibility index (Phi) is 20.8. The van der Waals surface area contributed by atoms with Crippen molar-refractivity contribution in [2.75, 3.05) is 40.0 Å². The number of aliphatic hydroxyl groups is 4. The highest BCUT2D eigenvalue weighted by molar-refractivity contribution is 5.89. The molecule has 6 aliphatic rings. The Labute approximate surface area is 464 Å². The van der Waals surface area contributed by atoms with Gasteiger partial charge in [0.1, 0.15) is 42.1 Å². The molecule has 2 aliphatic heterocycles. The molecule has 2 amide bonds. The molecule has 1 aromatic carbocycles. The van der Waals surface area contributed by atoms with Crippen LogP contribution in [0, 0.1) is 39.9 Å². The number of aliphatic hydroxyl groups excluding tert-OH is 3. The van der Waals surface area contributed by atoms with E-state index in [1.807, 2.05) is 13.8 Å². The van der Waals surface area contributed by atoms with Gasteiger partial charge in [-0.3, -0.25) is 9.59 Å². The van der Waals surface area contributed by atoms with Crippen LogP contribution < -0.4 is 15.4 Å². The second-order valence-electron chi connectivity index (χ2n) is 24.0. The maximum absolute atomic E-state index is 14.4. The van der Waals surface area contributed by atoms with Crippen LogP contribution in [0.5, 0.6) is 5.75 Å². The Morgan fingerprint density at radius 3 is 2.15 bits per heavy atom. The van der Waals surface area contributed by atoms with Gasteiger partial charge >= 0.3 is 24.1 Å². The number of fused-ring (bicyclic) bond motifs is 5. The third kappa shape index (κ3) is 13.5. The Morgan fingerprint density at radius 1 is 0.823 bits per heavy atom. The first-order valence-corrected chi connectivity index (χ1v) is 28.5. The predicted octanol–water partition coefficient (Wildman–Crippen LogP) is 6.62. The number of methoxy groups -OCH3 is 1. The Morgan fingerprint density at radius 2 is 1.49 bits per heavy atom. The fourth-order valence-electron chi connectivity index (χ4n) is 14.2. The number of hydrogen-bond donors (Lipinski definition) is 6. The molecule has 20 heteroatoms. The molecular formula is C59H88N2O18. The molecule has 4 aliphatic carbocycles. The fraction of sp³-hybridized carbons (Fsp3) is 0.746. The highest BCUT2D eigenvalue weighted by Crippen LogP contribution is 2.73. The predicted molar refractivity (Wildman–Crippen MR) is 286 cm³/mol. The van der Waals surface area contributed by atoms with Crippen molar-refractivity contribution >= 4 is 29.9 Å². The third-order valence-electron chi connectivity index (χ3n) is 18.5. The number of Topliss-reactive ketones (excluding diaryl/α,β-unsaturated/α-hetero) is 1. The van der Waals surface area contributed by atoms with Crippen molar-refractivity contribution < 1.29 is 87.0 Å². The lowest BCUT2D eigenvalue weighted by Crippen LogP contribution is -2.65. The molecule has 0 radical (unpaired) electrons. The lowest BCUT2D eigenvalue weighted by atomic mass is 9.41. The SMILES string of the molecule is C=CCOC(=O)NCCCCCCNC(=O)OC1COC(OC2C(O)COC(OC3CC4C5(C)CC=C6CC(O)CCC6(C)C5CCC4(C)C3(O)C(C)C(=O)CCC(C)C)C2OC(C)=O)C(OC(=O)c2ccc(OC)cc2)C1O. The van der Waals surface area contributed by atoms with Crippen molar-refractivity contribution in [3.05, 3.63) is 54.1 Å². The van der Waals surface area contributed by atoms with Gasteiger partial charge in [-0.15, -0.1) is 0 Å². The summed E-state index contributed by atoms with van der Waals surface area (Å²) >= 11 is 0. The summed E-state index contributed by atoms with van der Waals surface area (Å²) in [5.41, 5.74) is -1.72. The first-order valence-electron chi connectivity index (χ1n) is 28.5. The number of nitrogens with one attached hydrogen (secondary N) is 2. The minimum absolute atomic E-state index is 0.0695. The summed E-state index contributed by atoms with van der Waals surface area (Å²) in [4.78, 5) is 66.1. The summed E-state index contributed by atoms with van der Waals surface area (Å²) in [5.74, 6) is -1.90. The standard InChI is InChI=1S/C59H88N2O18/c1-10-29-72-54(68)60-27-13-11-12-14-28-61-55(69)76-43-33-74-52(49(47(43)66)78-51(67)37-16-18-40(71-9)19-17-37)79-48-42(65)32-73-53(50(48)75-36(5)62)77-46-31-45-57(7)24-21-38-30-39(63)22-25-56(38,6)44(57)23-26-58(45,8)59(46,70)35(4)41(64)20-15-34(2)3/h10,16-19,21,34-35,39,42-50,52-53,63,65-66,70H,1,11-15,20,22-33H2,2-9H3,(H,60,68)(H,61,69). The van der Waals surface area contributed by atoms with Crippen molar-refractivity contribution in [2.45, 2.75) is 199 Å². The number of amides is 2. The Bertz CT molecular complexity index is 2310. The van der Waals surface area contributed by atoms with Gasteiger partial charge in [-0.25, -0.2) is 14.4 Å².